The highest BCUT2D eigenvalue weighted by atomic mass is 32.2. The molecule has 0 radical (unpaired) electrons. The molecule has 0 spiro atoms. The van der Waals surface area contributed by atoms with Crippen LogP contribution in [0, 0.1) is 5.82 Å². The van der Waals surface area contributed by atoms with Crippen LogP contribution in [0.2, 0.25) is 0 Å². The maximum Gasteiger partial charge on any atom is 0.242 e. The van der Waals surface area contributed by atoms with E-state index < -0.39 is 5.25 Å². The van der Waals surface area contributed by atoms with Crippen LogP contribution < -0.4 is 5.32 Å². The van der Waals surface area contributed by atoms with Gasteiger partial charge in [0.05, 0.1) is 6.04 Å². The highest BCUT2D eigenvalue weighted by Crippen LogP contribution is 2.37. The van der Waals surface area contributed by atoms with Crippen molar-refractivity contribution in [3.8, 4) is 0 Å². The van der Waals surface area contributed by atoms with E-state index in [0.717, 1.165) is 18.4 Å². The summed E-state index contributed by atoms with van der Waals surface area (Å²) >= 11 is 1.34. The van der Waals surface area contributed by atoms with Gasteiger partial charge in [-0.2, -0.15) is 0 Å². The zero-order valence-corrected chi connectivity index (χ0v) is 16.7. The fourth-order valence-corrected chi connectivity index (χ4v) is 4.61. The number of anilines is 1. The Morgan fingerprint density at radius 3 is 2.52 bits per heavy atom. The molecule has 1 saturated carbocycles. The number of nitrogens with zero attached hydrogens (tertiary/aromatic N) is 4. The second-order valence-corrected chi connectivity index (χ2v) is 8.17. The number of rotatable bonds is 6. The maximum atomic E-state index is 13.2. The van der Waals surface area contributed by atoms with E-state index in [1.165, 1.54) is 43.2 Å². The molecule has 0 bridgehead atoms. The lowest BCUT2D eigenvalue weighted by atomic mass is 9.96. The number of tetrazole rings is 1. The fourth-order valence-electron chi connectivity index (χ4n) is 3.57. The van der Waals surface area contributed by atoms with Crippen LogP contribution in [-0.4, -0.2) is 26.1 Å². The number of amides is 1. The molecule has 1 atom stereocenters. The lowest BCUT2D eigenvalue weighted by Gasteiger charge is -2.23. The number of hydrogen-bond donors (Lipinski definition) is 1. The summed E-state index contributed by atoms with van der Waals surface area (Å²) in [6, 6.07) is 15.6. The van der Waals surface area contributed by atoms with Gasteiger partial charge in [-0.3, -0.25) is 4.79 Å². The van der Waals surface area contributed by atoms with Gasteiger partial charge < -0.3 is 5.32 Å². The van der Waals surface area contributed by atoms with E-state index in [1.54, 1.807) is 12.1 Å². The van der Waals surface area contributed by atoms with E-state index in [-0.39, 0.29) is 17.8 Å². The van der Waals surface area contributed by atoms with Gasteiger partial charge in [-0.05, 0) is 53.1 Å². The molecule has 8 heteroatoms. The van der Waals surface area contributed by atoms with Gasteiger partial charge in [0.2, 0.25) is 11.1 Å². The number of thioether (sulfide) groups is 1. The van der Waals surface area contributed by atoms with E-state index in [4.69, 9.17) is 0 Å². The third-order valence-corrected chi connectivity index (χ3v) is 6.26. The second-order valence-electron chi connectivity index (χ2n) is 7.10. The summed E-state index contributed by atoms with van der Waals surface area (Å²) in [6.07, 6.45) is 5.68. The van der Waals surface area contributed by atoms with Crippen LogP contribution in [0.3, 0.4) is 0 Å². The number of benzene rings is 2. The normalized spacial score (nSPS) is 15.8. The molecule has 1 unspecified atom stereocenters. The van der Waals surface area contributed by atoms with Gasteiger partial charge in [0, 0.05) is 5.69 Å². The summed E-state index contributed by atoms with van der Waals surface area (Å²) in [5.41, 5.74) is 1.40. The van der Waals surface area contributed by atoms with Crippen LogP contribution in [0.4, 0.5) is 10.1 Å². The zero-order valence-electron chi connectivity index (χ0n) is 15.9. The van der Waals surface area contributed by atoms with Gasteiger partial charge >= 0.3 is 0 Å². The summed E-state index contributed by atoms with van der Waals surface area (Å²) in [6.45, 7) is 0. The highest BCUT2D eigenvalue weighted by molar-refractivity contribution is 8.00. The van der Waals surface area contributed by atoms with Crippen molar-refractivity contribution in [1.29, 1.82) is 0 Å². The Balaban J connectivity index is 1.58. The lowest BCUT2D eigenvalue weighted by molar-refractivity contribution is -0.115. The molecule has 1 N–H and O–H groups in total. The van der Waals surface area contributed by atoms with Crippen molar-refractivity contribution in [3.63, 3.8) is 0 Å². The first-order valence-corrected chi connectivity index (χ1v) is 10.6. The molecule has 29 heavy (non-hydrogen) atoms. The number of halogens is 1. The van der Waals surface area contributed by atoms with Crippen molar-refractivity contribution in [2.24, 2.45) is 0 Å². The third-order valence-electron chi connectivity index (χ3n) is 5.06. The summed E-state index contributed by atoms with van der Waals surface area (Å²) < 4.78 is 15.0. The second kappa shape index (κ2) is 9.17. The maximum absolute atomic E-state index is 13.2. The van der Waals surface area contributed by atoms with Crippen LogP contribution in [0.25, 0.3) is 0 Å². The van der Waals surface area contributed by atoms with Gasteiger partial charge in [0.1, 0.15) is 11.1 Å². The standard InChI is InChI=1S/C21H22FN5OS/c22-16-11-13-17(14-12-16)23-20(28)19(15-7-3-1-4-8-15)29-21-24-25-26-27(21)18-9-5-2-6-10-18/h1,3-4,7-8,11-14,18-19H,2,5-6,9-10H2,(H,23,28). The Hall–Kier alpha value is -2.74. The molecule has 3 aromatic rings. The third kappa shape index (κ3) is 4.82. The molecule has 1 fully saturated rings. The Labute approximate surface area is 172 Å². The quantitative estimate of drug-likeness (QED) is 0.591. The molecule has 1 aromatic heterocycles. The monoisotopic (exact) mass is 411 g/mol. The van der Waals surface area contributed by atoms with Crippen LogP contribution in [0.1, 0.15) is 49.0 Å². The molecular formula is C21H22FN5OS. The molecule has 1 aliphatic carbocycles. The number of nitrogens with one attached hydrogen (secondary N) is 1. The minimum absolute atomic E-state index is 0.203. The number of carbonyl (C=O) groups excluding carboxylic acids is 1. The molecule has 2 aromatic carbocycles. The molecular weight excluding hydrogens is 389 g/mol. The van der Waals surface area contributed by atoms with Crippen molar-refractivity contribution >= 4 is 23.4 Å². The van der Waals surface area contributed by atoms with Crippen molar-refractivity contribution in [3.05, 3.63) is 66.0 Å². The van der Waals surface area contributed by atoms with E-state index in [9.17, 15) is 9.18 Å². The van der Waals surface area contributed by atoms with Gasteiger partial charge in [-0.1, -0.05) is 61.4 Å². The Morgan fingerprint density at radius 2 is 1.79 bits per heavy atom. The molecule has 0 saturated heterocycles. The first-order valence-electron chi connectivity index (χ1n) is 9.76. The van der Waals surface area contributed by atoms with Crippen molar-refractivity contribution < 1.29 is 9.18 Å². The van der Waals surface area contributed by atoms with Crippen molar-refractivity contribution in [2.45, 2.75) is 48.6 Å². The smallest absolute Gasteiger partial charge is 0.242 e. The lowest BCUT2D eigenvalue weighted by Crippen LogP contribution is -2.21. The zero-order chi connectivity index (χ0) is 20.1. The highest BCUT2D eigenvalue weighted by Gasteiger charge is 2.27. The minimum atomic E-state index is -0.533. The van der Waals surface area contributed by atoms with Gasteiger partial charge in [-0.15, -0.1) is 5.10 Å². The van der Waals surface area contributed by atoms with Crippen LogP contribution in [0.15, 0.2) is 59.8 Å². The Kier molecular flexibility index (Phi) is 6.19. The minimum Gasteiger partial charge on any atom is -0.325 e. The van der Waals surface area contributed by atoms with Crippen molar-refractivity contribution in [2.75, 3.05) is 5.32 Å². The van der Waals surface area contributed by atoms with Gasteiger partial charge in [0.15, 0.2) is 0 Å². The fraction of sp³-hybridized carbons (Fsp3) is 0.333. The summed E-state index contributed by atoms with van der Waals surface area (Å²) in [5.74, 6) is -0.547. The topological polar surface area (TPSA) is 72.7 Å². The average Bonchev–Trinajstić information content (AvgIpc) is 3.23. The van der Waals surface area contributed by atoms with Gasteiger partial charge in [-0.25, -0.2) is 9.07 Å². The molecule has 1 aliphatic rings. The van der Waals surface area contributed by atoms with Crippen LogP contribution in [0.5, 0.6) is 0 Å². The van der Waals surface area contributed by atoms with E-state index in [0.29, 0.717) is 10.8 Å². The summed E-state index contributed by atoms with van der Waals surface area (Å²) in [5, 5.41) is 15.2. The first kappa shape index (κ1) is 19.6. The SMILES string of the molecule is O=C(Nc1ccc(F)cc1)C(Sc1nnnn1C1CCCCC1)c1ccccc1. The summed E-state index contributed by atoms with van der Waals surface area (Å²) in [4.78, 5) is 13.1. The van der Waals surface area contributed by atoms with E-state index in [1.807, 2.05) is 35.0 Å². The Morgan fingerprint density at radius 1 is 1.07 bits per heavy atom. The van der Waals surface area contributed by atoms with E-state index in [2.05, 4.69) is 20.8 Å². The first-order chi connectivity index (χ1) is 14.2. The average molecular weight is 412 g/mol. The van der Waals surface area contributed by atoms with E-state index >= 15 is 0 Å². The molecule has 4 rings (SSSR count). The molecule has 150 valence electrons. The molecule has 1 amide bonds. The predicted molar refractivity (Wildman–Crippen MR) is 110 cm³/mol. The van der Waals surface area contributed by atoms with Crippen LogP contribution >= 0.6 is 11.8 Å². The molecule has 1 heterocycles. The van der Waals surface area contributed by atoms with Crippen molar-refractivity contribution in [1.82, 2.24) is 20.2 Å². The molecule has 6 nitrogen and oxygen atoms in total. The van der Waals surface area contributed by atoms with Crippen LogP contribution in [-0.2, 0) is 4.79 Å². The number of carbonyl (C=O) groups is 1. The predicted octanol–water partition coefficient (Wildman–Crippen LogP) is 4.79. The van der Waals surface area contributed by atoms with Gasteiger partial charge in [0.25, 0.3) is 0 Å². The summed E-state index contributed by atoms with van der Waals surface area (Å²) in [7, 11) is 0. The number of hydrogen-bond acceptors (Lipinski definition) is 5. The number of aromatic nitrogens is 4. The molecule has 0 aliphatic heterocycles. The largest absolute Gasteiger partial charge is 0.325 e. The Bertz CT molecular complexity index is 941.